The molecule has 2 rings (SSSR count). The number of hydrogen-bond acceptors (Lipinski definition) is 6. The summed E-state index contributed by atoms with van der Waals surface area (Å²) in [6.45, 7) is 3.05. The maximum absolute atomic E-state index is 11.8. The Bertz CT molecular complexity index is 646. The van der Waals surface area contributed by atoms with Crippen molar-refractivity contribution in [3.63, 3.8) is 0 Å². The van der Waals surface area contributed by atoms with Crippen LogP contribution < -0.4 is 10.6 Å². The van der Waals surface area contributed by atoms with Crippen LogP contribution in [0.15, 0.2) is 36.7 Å². The van der Waals surface area contributed by atoms with Crippen LogP contribution >= 0.6 is 0 Å². The highest BCUT2D eigenvalue weighted by Crippen LogP contribution is 2.21. The van der Waals surface area contributed by atoms with Gasteiger partial charge in [-0.2, -0.15) is 0 Å². The first kappa shape index (κ1) is 16.7. The van der Waals surface area contributed by atoms with Gasteiger partial charge in [0, 0.05) is 12.6 Å². The first-order valence-corrected chi connectivity index (χ1v) is 7.75. The minimum atomic E-state index is -0.389. The Kier molecular flexibility index (Phi) is 6.35. The van der Waals surface area contributed by atoms with Crippen LogP contribution in [-0.2, 0) is 4.74 Å². The van der Waals surface area contributed by atoms with Gasteiger partial charge in [-0.25, -0.2) is 14.8 Å². The molecule has 122 valence electrons. The van der Waals surface area contributed by atoms with Crippen LogP contribution in [0.2, 0.25) is 0 Å². The number of ether oxygens (including phenoxy) is 1. The Morgan fingerprint density at radius 1 is 1.17 bits per heavy atom. The normalized spacial score (nSPS) is 10.2. The number of methoxy groups -OCH3 is 1. The highest BCUT2D eigenvalue weighted by Gasteiger charge is 2.11. The molecule has 2 N–H and O–H groups in total. The highest BCUT2D eigenvalue weighted by atomic mass is 16.5. The SMILES string of the molecule is CCCCCNc1cc(Nc2ccccc2C(=O)OC)ncn1. The Morgan fingerprint density at radius 3 is 2.74 bits per heavy atom. The monoisotopic (exact) mass is 314 g/mol. The summed E-state index contributed by atoms with van der Waals surface area (Å²) in [5, 5.41) is 6.41. The fraction of sp³-hybridized carbons (Fsp3) is 0.353. The number of benzene rings is 1. The van der Waals surface area contributed by atoms with E-state index in [4.69, 9.17) is 4.74 Å². The summed E-state index contributed by atoms with van der Waals surface area (Å²) in [5.41, 5.74) is 1.11. The largest absolute Gasteiger partial charge is 0.465 e. The Balaban J connectivity index is 2.07. The van der Waals surface area contributed by atoms with E-state index in [0.717, 1.165) is 18.8 Å². The number of nitrogens with zero attached hydrogens (tertiary/aromatic N) is 2. The molecule has 0 spiro atoms. The van der Waals surface area contributed by atoms with Crippen molar-refractivity contribution in [1.29, 1.82) is 0 Å². The van der Waals surface area contributed by atoms with E-state index < -0.39 is 0 Å². The molecule has 0 unspecified atom stereocenters. The van der Waals surface area contributed by atoms with Gasteiger partial charge in [0.2, 0.25) is 0 Å². The summed E-state index contributed by atoms with van der Waals surface area (Å²) in [4.78, 5) is 20.2. The molecule has 0 aliphatic carbocycles. The molecule has 0 saturated carbocycles. The molecule has 0 amide bonds. The van der Waals surface area contributed by atoms with Gasteiger partial charge in [0.1, 0.15) is 18.0 Å². The van der Waals surface area contributed by atoms with Crippen LogP contribution in [-0.4, -0.2) is 29.6 Å². The average Bonchev–Trinajstić information content (AvgIpc) is 2.59. The second-order valence-corrected chi connectivity index (χ2v) is 5.08. The standard InChI is InChI=1S/C17H22N4O2/c1-3-4-7-10-18-15-11-16(20-12-19-15)21-14-9-6-5-8-13(14)17(22)23-2/h5-6,8-9,11-12H,3-4,7,10H2,1-2H3,(H2,18,19,20,21). The molecule has 0 aliphatic rings. The molecular formula is C17H22N4O2. The van der Waals surface area contributed by atoms with Gasteiger partial charge in [0.15, 0.2) is 0 Å². The van der Waals surface area contributed by atoms with E-state index >= 15 is 0 Å². The summed E-state index contributed by atoms with van der Waals surface area (Å²) in [7, 11) is 1.36. The maximum atomic E-state index is 11.8. The van der Waals surface area contributed by atoms with E-state index in [1.165, 1.54) is 26.3 Å². The lowest BCUT2D eigenvalue weighted by Gasteiger charge is -2.11. The number of hydrogen-bond donors (Lipinski definition) is 2. The third kappa shape index (κ3) is 4.95. The molecule has 0 radical (unpaired) electrons. The van der Waals surface area contributed by atoms with E-state index in [1.807, 2.05) is 18.2 Å². The molecule has 0 aliphatic heterocycles. The van der Waals surface area contributed by atoms with Crippen molar-refractivity contribution in [2.24, 2.45) is 0 Å². The lowest BCUT2D eigenvalue weighted by atomic mass is 10.2. The number of carbonyl (C=O) groups is 1. The van der Waals surface area contributed by atoms with Gasteiger partial charge in [-0.15, -0.1) is 0 Å². The van der Waals surface area contributed by atoms with Crippen LogP contribution in [0.1, 0.15) is 36.5 Å². The fourth-order valence-corrected chi connectivity index (χ4v) is 2.13. The number of unbranched alkanes of at least 4 members (excludes halogenated alkanes) is 2. The number of rotatable bonds is 8. The van der Waals surface area contributed by atoms with Crippen molar-refractivity contribution in [3.05, 3.63) is 42.2 Å². The third-order valence-corrected chi connectivity index (χ3v) is 3.35. The van der Waals surface area contributed by atoms with E-state index in [2.05, 4.69) is 27.5 Å². The minimum absolute atomic E-state index is 0.389. The molecule has 1 heterocycles. The molecule has 0 saturated heterocycles. The second-order valence-electron chi connectivity index (χ2n) is 5.08. The summed E-state index contributed by atoms with van der Waals surface area (Å²) in [5.74, 6) is 0.989. The topological polar surface area (TPSA) is 76.1 Å². The Labute approximate surface area is 136 Å². The quantitative estimate of drug-likeness (QED) is 0.572. The summed E-state index contributed by atoms with van der Waals surface area (Å²) < 4.78 is 4.79. The van der Waals surface area contributed by atoms with E-state index in [0.29, 0.717) is 17.1 Å². The molecule has 0 bridgehead atoms. The molecule has 6 heteroatoms. The Morgan fingerprint density at radius 2 is 1.96 bits per heavy atom. The molecule has 2 aromatic rings. The van der Waals surface area contributed by atoms with Crippen molar-refractivity contribution in [3.8, 4) is 0 Å². The van der Waals surface area contributed by atoms with Crippen LogP contribution in [0.5, 0.6) is 0 Å². The number of aromatic nitrogens is 2. The van der Waals surface area contributed by atoms with E-state index in [9.17, 15) is 4.79 Å². The van der Waals surface area contributed by atoms with Gasteiger partial charge >= 0.3 is 5.97 Å². The van der Waals surface area contributed by atoms with Crippen LogP contribution in [0.25, 0.3) is 0 Å². The van der Waals surface area contributed by atoms with E-state index in [-0.39, 0.29) is 5.97 Å². The number of para-hydroxylation sites is 1. The van der Waals surface area contributed by atoms with Crippen LogP contribution in [0.4, 0.5) is 17.3 Å². The van der Waals surface area contributed by atoms with Gasteiger partial charge in [-0.05, 0) is 18.6 Å². The van der Waals surface area contributed by atoms with Crippen LogP contribution in [0.3, 0.4) is 0 Å². The van der Waals surface area contributed by atoms with Crippen molar-refractivity contribution >= 4 is 23.3 Å². The highest BCUT2D eigenvalue weighted by molar-refractivity contribution is 5.96. The maximum Gasteiger partial charge on any atom is 0.339 e. The van der Waals surface area contributed by atoms with Crippen LogP contribution in [0, 0.1) is 0 Å². The van der Waals surface area contributed by atoms with Crippen molar-refractivity contribution in [2.75, 3.05) is 24.3 Å². The predicted molar refractivity (Wildman–Crippen MR) is 91.1 cm³/mol. The number of carbonyl (C=O) groups excluding carboxylic acids is 1. The summed E-state index contributed by atoms with van der Waals surface area (Å²) >= 11 is 0. The number of anilines is 3. The zero-order chi connectivity index (χ0) is 16.5. The van der Waals surface area contributed by atoms with Gasteiger partial charge in [0.05, 0.1) is 18.4 Å². The van der Waals surface area contributed by atoms with Crippen molar-refractivity contribution in [2.45, 2.75) is 26.2 Å². The molecule has 1 aromatic heterocycles. The molecular weight excluding hydrogens is 292 g/mol. The minimum Gasteiger partial charge on any atom is -0.465 e. The van der Waals surface area contributed by atoms with Gasteiger partial charge in [-0.1, -0.05) is 31.9 Å². The Hall–Kier alpha value is -2.63. The molecule has 23 heavy (non-hydrogen) atoms. The lowest BCUT2D eigenvalue weighted by Crippen LogP contribution is -2.07. The molecule has 0 fully saturated rings. The number of esters is 1. The van der Waals surface area contributed by atoms with Crippen molar-refractivity contribution in [1.82, 2.24) is 9.97 Å². The zero-order valence-corrected chi connectivity index (χ0v) is 13.5. The molecule has 6 nitrogen and oxygen atoms in total. The first-order valence-electron chi connectivity index (χ1n) is 7.75. The van der Waals surface area contributed by atoms with E-state index in [1.54, 1.807) is 12.1 Å². The molecule has 1 aromatic carbocycles. The zero-order valence-electron chi connectivity index (χ0n) is 13.5. The summed E-state index contributed by atoms with van der Waals surface area (Å²) in [6, 6.07) is 8.97. The smallest absolute Gasteiger partial charge is 0.339 e. The fourth-order valence-electron chi connectivity index (χ4n) is 2.13. The number of nitrogens with one attached hydrogen (secondary N) is 2. The van der Waals surface area contributed by atoms with Gasteiger partial charge < -0.3 is 15.4 Å². The van der Waals surface area contributed by atoms with Gasteiger partial charge in [0.25, 0.3) is 0 Å². The van der Waals surface area contributed by atoms with Crippen molar-refractivity contribution < 1.29 is 9.53 Å². The summed E-state index contributed by atoms with van der Waals surface area (Å²) in [6.07, 6.45) is 4.97. The lowest BCUT2D eigenvalue weighted by molar-refractivity contribution is 0.0602. The predicted octanol–water partition coefficient (Wildman–Crippen LogP) is 3.61. The van der Waals surface area contributed by atoms with Gasteiger partial charge in [-0.3, -0.25) is 0 Å². The third-order valence-electron chi connectivity index (χ3n) is 3.35. The first-order chi connectivity index (χ1) is 11.2. The molecule has 0 atom stereocenters. The second kappa shape index (κ2) is 8.73. The average molecular weight is 314 g/mol.